The van der Waals surface area contributed by atoms with Gasteiger partial charge >= 0.3 is 5.97 Å². The Morgan fingerprint density at radius 1 is 1.11 bits per heavy atom. The molecule has 0 aliphatic rings. The molecule has 2 rings (SSSR count). The molecule has 0 saturated carbocycles. The molecule has 0 unspecified atom stereocenters. The average molecular weight is 317 g/mol. The zero-order valence-corrected chi connectivity index (χ0v) is 11.8. The van der Waals surface area contributed by atoms with Gasteiger partial charge in [-0.05, 0) is 23.8 Å². The van der Waals surface area contributed by atoms with Gasteiger partial charge in [-0.1, -0.05) is 40.9 Å². The van der Waals surface area contributed by atoms with E-state index in [1.165, 1.54) is 6.20 Å². The number of carboxylic acids is 1. The monoisotopic (exact) mass is 315 g/mol. The molecule has 0 radical (unpaired) electrons. The highest BCUT2D eigenvalue weighted by molar-refractivity contribution is 6.44. The molecule has 2 aromatic rings. The molecule has 0 amide bonds. The van der Waals surface area contributed by atoms with Gasteiger partial charge in [0.1, 0.15) is 0 Å². The number of hydrogen-bond donors (Lipinski definition) is 1. The molecule has 0 fully saturated rings. The minimum Gasteiger partial charge on any atom is -0.481 e. The summed E-state index contributed by atoms with van der Waals surface area (Å²) in [6.07, 6.45) is 1.44. The van der Waals surface area contributed by atoms with Crippen LogP contribution in [0.1, 0.15) is 5.56 Å². The summed E-state index contributed by atoms with van der Waals surface area (Å²) in [5, 5.41) is 9.88. The maximum absolute atomic E-state index is 10.6. The standard InChI is InChI=1S/C13H8Cl3NO2/c14-9-5-11(16)10(15)4-8(9)12-2-1-7(6-17-12)3-13(18)19/h1-2,4-6H,3H2,(H,18,19). The van der Waals surface area contributed by atoms with Crippen LogP contribution in [0, 0.1) is 0 Å². The van der Waals surface area contributed by atoms with Gasteiger partial charge in [0.15, 0.2) is 0 Å². The van der Waals surface area contributed by atoms with Gasteiger partial charge in [-0.25, -0.2) is 0 Å². The Hall–Kier alpha value is -1.29. The molecule has 0 saturated heterocycles. The Balaban J connectivity index is 2.37. The molecule has 19 heavy (non-hydrogen) atoms. The van der Waals surface area contributed by atoms with Crippen LogP contribution in [0.5, 0.6) is 0 Å². The molecule has 1 heterocycles. The van der Waals surface area contributed by atoms with Crippen molar-refractivity contribution in [2.45, 2.75) is 6.42 Å². The van der Waals surface area contributed by atoms with E-state index in [0.29, 0.717) is 31.9 Å². The van der Waals surface area contributed by atoms with Crippen LogP contribution in [0.2, 0.25) is 15.1 Å². The van der Waals surface area contributed by atoms with Crippen LogP contribution in [-0.2, 0) is 11.2 Å². The summed E-state index contributed by atoms with van der Waals surface area (Å²) in [6, 6.07) is 6.57. The molecule has 0 atom stereocenters. The van der Waals surface area contributed by atoms with E-state index >= 15 is 0 Å². The number of hydrogen-bond acceptors (Lipinski definition) is 2. The van der Waals surface area contributed by atoms with E-state index in [-0.39, 0.29) is 6.42 Å². The smallest absolute Gasteiger partial charge is 0.307 e. The summed E-state index contributed by atoms with van der Waals surface area (Å²) in [6.45, 7) is 0. The zero-order chi connectivity index (χ0) is 14.0. The molecule has 1 N–H and O–H groups in total. The second-order valence-electron chi connectivity index (χ2n) is 3.87. The minimum atomic E-state index is -0.901. The number of carboxylic acid groups (broad SMARTS) is 1. The predicted molar refractivity (Wildman–Crippen MR) is 76.0 cm³/mol. The van der Waals surface area contributed by atoms with Crippen LogP contribution >= 0.6 is 34.8 Å². The van der Waals surface area contributed by atoms with Crippen LogP contribution in [0.3, 0.4) is 0 Å². The Kier molecular flexibility index (Phi) is 4.30. The molecule has 1 aromatic carbocycles. The molecule has 98 valence electrons. The van der Waals surface area contributed by atoms with Crippen molar-refractivity contribution in [3.05, 3.63) is 51.1 Å². The van der Waals surface area contributed by atoms with Gasteiger partial charge in [-0.2, -0.15) is 0 Å². The number of aromatic nitrogens is 1. The fourth-order valence-electron chi connectivity index (χ4n) is 1.58. The summed E-state index contributed by atoms with van der Waals surface area (Å²) < 4.78 is 0. The van der Waals surface area contributed by atoms with Gasteiger partial charge in [0.05, 0.1) is 27.2 Å². The van der Waals surface area contributed by atoms with Gasteiger partial charge in [0, 0.05) is 11.8 Å². The van der Waals surface area contributed by atoms with E-state index in [0.717, 1.165) is 0 Å². The number of halogens is 3. The maximum Gasteiger partial charge on any atom is 0.307 e. The highest BCUT2D eigenvalue weighted by Crippen LogP contribution is 2.34. The number of benzene rings is 1. The van der Waals surface area contributed by atoms with E-state index < -0.39 is 5.97 Å². The lowest BCUT2D eigenvalue weighted by atomic mass is 10.1. The van der Waals surface area contributed by atoms with E-state index in [1.807, 2.05) is 0 Å². The van der Waals surface area contributed by atoms with Crippen molar-refractivity contribution in [3.8, 4) is 11.3 Å². The Labute approximate surface area is 124 Å². The molecule has 0 aliphatic heterocycles. The largest absolute Gasteiger partial charge is 0.481 e. The van der Waals surface area contributed by atoms with Gasteiger partial charge in [0.25, 0.3) is 0 Å². The van der Waals surface area contributed by atoms with Crippen molar-refractivity contribution in [1.29, 1.82) is 0 Å². The lowest BCUT2D eigenvalue weighted by Crippen LogP contribution is -2.00. The fourth-order valence-corrected chi connectivity index (χ4v) is 2.23. The molecular weight excluding hydrogens is 309 g/mol. The summed E-state index contributed by atoms with van der Waals surface area (Å²) in [7, 11) is 0. The van der Waals surface area contributed by atoms with E-state index in [4.69, 9.17) is 39.9 Å². The maximum atomic E-state index is 10.6. The van der Waals surface area contributed by atoms with E-state index in [1.54, 1.807) is 24.3 Å². The highest BCUT2D eigenvalue weighted by Gasteiger charge is 2.09. The van der Waals surface area contributed by atoms with Crippen molar-refractivity contribution in [3.63, 3.8) is 0 Å². The molecule has 3 nitrogen and oxygen atoms in total. The van der Waals surface area contributed by atoms with Crippen LogP contribution in [0.25, 0.3) is 11.3 Å². The summed E-state index contributed by atoms with van der Waals surface area (Å²) >= 11 is 17.9. The first-order valence-electron chi connectivity index (χ1n) is 5.29. The van der Waals surface area contributed by atoms with Crippen LogP contribution in [0.15, 0.2) is 30.5 Å². The lowest BCUT2D eigenvalue weighted by molar-refractivity contribution is -0.136. The molecular formula is C13H8Cl3NO2. The number of carbonyl (C=O) groups is 1. The lowest BCUT2D eigenvalue weighted by Gasteiger charge is -2.06. The minimum absolute atomic E-state index is 0.0671. The Morgan fingerprint density at radius 2 is 1.79 bits per heavy atom. The third-order valence-corrected chi connectivity index (χ3v) is 3.50. The summed E-state index contributed by atoms with van der Waals surface area (Å²) in [5.41, 5.74) is 1.88. The first-order chi connectivity index (χ1) is 8.97. The van der Waals surface area contributed by atoms with Gasteiger partial charge in [-0.15, -0.1) is 0 Å². The number of aliphatic carboxylic acids is 1. The van der Waals surface area contributed by atoms with Crippen LogP contribution in [0.4, 0.5) is 0 Å². The van der Waals surface area contributed by atoms with E-state index in [2.05, 4.69) is 4.98 Å². The predicted octanol–water partition coefficient (Wildman–Crippen LogP) is 4.34. The van der Waals surface area contributed by atoms with E-state index in [9.17, 15) is 4.79 Å². The zero-order valence-electron chi connectivity index (χ0n) is 9.53. The van der Waals surface area contributed by atoms with Crippen molar-refractivity contribution >= 4 is 40.8 Å². The Morgan fingerprint density at radius 3 is 2.37 bits per heavy atom. The third kappa shape index (κ3) is 3.38. The number of rotatable bonds is 3. The van der Waals surface area contributed by atoms with Crippen LogP contribution < -0.4 is 0 Å². The molecule has 6 heteroatoms. The van der Waals surface area contributed by atoms with Crippen LogP contribution in [-0.4, -0.2) is 16.1 Å². The van der Waals surface area contributed by atoms with Gasteiger partial charge in [-0.3, -0.25) is 9.78 Å². The second kappa shape index (κ2) is 5.78. The van der Waals surface area contributed by atoms with Crippen molar-refractivity contribution < 1.29 is 9.90 Å². The average Bonchev–Trinajstić information content (AvgIpc) is 2.34. The molecule has 0 spiro atoms. The highest BCUT2D eigenvalue weighted by atomic mass is 35.5. The summed E-state index contributed by atoms with van der Waals surface area (Å²) in [5.74, 6) is -0.901. The van der Waals surface area contributed by atoms with Crippen molar-refractivity contribution in [2.75, 3.05) is 0 Å². The fraction of sp³-hybridized carbons (Fsp3) is 0.0769. The summed E-state index contributed by atoms with van der Waals surface area (Å²) in [4.78, 5) is 14.8. The van der Waals surface area contributed by atoms with Crippen molar-refractivity contribution in [1.82, 2.24) is 4.98 Å². The Bertz CT molecular complexity index is 627. The third-order valence-electron chi connectivity index (χ3n) is 2.47. The molecule has 0 bridgehead atoms. The molecule has 1 aromatic heterocycles. The van der Waals surface area contributed by atoms with Crippen molar-refractivity contribution in [2.24, 2.45) is 0 Å². The number of nitrogens with zero attached hydrogens (tertiary/aromatic N) is 1. The first kappa shape index (κ1) is 14.1. The second-order valence-corrected chi connectivity index (χ2v) is 5.09. The SMILES string of the molecule is O=C(O)Cc1ccc(-c2cc(Cl)c(Cl)cc2Cl)nc1. The quantitative estimate of drug-likeness (QED) is 0.857. The van der Waals surface area contributed by atoms with Gasteiger partial charge < -0.3 is 5.11 Å². The normalized spacial score (nSPS) is 10.5. The first-order valence-corrected chi connectivity index (χ1v) is 6.42. The number of pyridine rings is 1. The topological polar surface area (TPSA) is 50.2 Å². The van der Waals surface area contributed by atoms with Gasteiger partial charge in [0.2, 0.25) is 0 Å². The molecule has 0 aliphatic carbocycles.